The summed E-state index contributed by atoms with van der Waals surface area (Å²) in [5.41, 5.74) is 6.89. The van der Waals surface area contributed by atoms with Crippen molar-refractivity contribution in [3.8, 4) is 0 Å². The fourth-order valence-corrected chi connectivity index (χ4v) is 2.43. The highest BCUT2D eigenvalue weighted by Gasteiger charge is 2.14. The predicted molar refractivity (Wildman–Crippen MR) is 111 cm³/mol. The zero-order chi connectivity index (χ0) is 20.3. The molecule has 7 heteroatoms. The summed E-state index contributed by atoms with van der Waals surface area (Å²) in [6, 6.07) is 22.3. The zero-order valence-corrected chi connectivity index (χ0v) is 15.6. The monoisotopic (exact) mass is 388 g/mol. The van der Waals surface area contributed by atoms with Crippen LogP contribution in [0.1, 0.15) is 32.2 Å². The SMILES string of the molecule is O=C(NN=CCc1ccccc1)c1ccc(C(=O)NN=CCc2ccccc2)o1. The van der Waals surface area contributed by atoms with Gasteiger partial charge in [-0.05, 0) is 23.3 Å². The number of carbonyl (C=O) groups is 2. The Balaban J connectivity index is 1.45. The highest BCUT2D eigenvalue weighted by Crippen LogP contribution is 2.08. The first kappa shape index (κ1) is 19.8. The number of nitrogens with one attached hydrogen (secondary N) is 2. The Hall–Kier alpha value is -4.00. The van der Waals surface area contributed by atoms with E-state index in [1.807, 2.05) is 60.7 Å². The summed E-state index contributed by atoms with van der Waals surface area (Å²) in [7, 11) is 0. The van der Waals surface area contributed by atoms with Gasteiger partial charge in [0, 0.05) is 25.3 Å². The van der Waals surface area contributed by atoms with Crippen molar-refractivity contribution in [2.75, 3.05) is 0 Å². The number of carbonyl (C=O) groups excluding carboxylic acids is 2. The molecule has 3 rings (SSSR count). The fourth-order valence-electron chi connectivity index (χ4n) is 2.43. The van der Waals surface area contributed by atoms with Crippen molar-refractivity contribution in [2.24, 2.45) is 10.2 Å². The number of hydrogen-bond acceptors (Lipinski definition) is 5. The van der Waals surface area contributed by atoms with Crippen LogP contribution in [-0.2, 0) is 12.8 Å². The molecule has 1 aromatic heterocycles. The highest BCUT2D eigenvalue weighted by molar-refractivity contribution is 5.95. The maximum absolute atomic E-state index is 12.0. The molecule has 0 bridgehead atoms. The van der Waals surface area contributed by atoms with Gasteiger partial charge in [0.25, 0.3) is 0 Å². The Bertz CT molecular complexity index is 915. The Morgan fingerprint density at radius 3 is 1.52 bits per heavy atom. The first-order valence-corrected chi connectivity index (χ1v) is 9.04. The summed E-state index contributed by atoms with van der Waals surface area (Å²) in [6.07, 6.45) is 4.36. The van der Waals surface area contributed by atoms with Crippen molar-refractivity contribution in [1.82, 2.24) is 10.9 Å². The third-order valence-corrected chi connectivity index (χ3v) is 3.91. The van der Waals surface area contributed by atoms with Gasteiger partial charge in [-0.1, -0.05) is 60.7 Å². The molecule has 2 N–H and O–H groups in total. The molecule has 0 aliphatic rings. The van der Waals surface area contributed by atoms with Gasteiger partial charge in [-0.3, -0.25) is 9.59 Å². The molecule has 0 saturated carbocycles. The minimum absolute atomic E-state index is 0.0136. The lowest BCUT2D eigenvalue weighted by molar-refractivity contribution is 0.0902. The first-order valence-electron chi connectivity index (χ1n) is 9.04. The molecule has 0 radical (unpaired) electrons. The molecule has 1 heterocycles. The minimum Gasteiger partial charge on any atom is -0.446 e. The van der Waals surface area contributed by atoms with Gasteiger partial charge in [0.1, 0.15) is 0 Å². The fraction of sp³-hybridized carbons (Fsp3) is 0.0909. The van der Waals surface area contributed by atoms with Crippen molar-refractivity contribution in [1.29, 1.82) is 0 Å². The molecule has 3 aromatic rings. The van der Waals surface area contributed by atoms with Gasteiger partial charge < -0.3 is 4.42 Å². The Kier molecular flexibility index (Phi) is 7.06. The molecule has 29 heavy (non-hydrogen) atoms. The number of rotatable bonds is 8. The standard InChI is InChI=1S/C22H20N4O3/c27-21(25-23-15-13-17-7-3-1-4-8-17)19-11-12-20(29-19)22(28)26-24-16-14-18-9-5-2-6-10-18/h1-12,15-16H,13-14H2,(H,25,27)(H,26,28). The second-order valence-electron chi connectivity index (χ2n) is 6.05. The molecule has 0 saturated heterocycles. The van der Waals surface area contributed by atoms with Gasteiger partial charge in [0.05, 0.1) is 0 Å². The molecule has 0 spiro atoms. The maximum atomic E-state index is 12.0. The van der Waals surface area contributed by atoms with Crippen LogP contribution in [0.4, 0.5) is 0 Å². The molecule has 0 fully saturated rings. The van der Waals surface area contributed by atoms with Crippen LogP contribution in [0.5, 0.6) is 0 Å². The van der Waals surface area contributed by atoms with Gasteiger partial charge in [0.15, 0.2) is 11.5 Å². The van der Waals surface area contributed by atoms with Crippen LogP contribution < -0.4 is 10.9 Å². The molecule has 7 nitrogen and oxygen atoms in total. The molecule has 0 aliphatic carbocycles. The van der Waals surface area contributed by atoms with Crippen LogP contribution in [0.2, 0.25) is 0 Å². The highest BCUT2D eigenvalue weighted by atomic mass is 16.4. The largest absolute Gasteiger partial charge is 0.446 e. The summed E-state index contributed by atoms with van der Waals surface area (Å²) >= 11 is 0. The molecule has 0 unspecified atom stereocenters. The maximum Gasteiger partial charge on any atom is 0.307 e. The van der Waals surface area contributed by atoms with E-state index in [0.29, 0.717) is 12.8 Å². The van der Waals surface area contributed by atoms with E-state index >= 15 is 0 Å². The molecule has 2 aromatic carbocycles. The number of nitrogens with zero attached hydrogens (tertiary/aromatic N) is 2. The number of hydrazone groups is 2. The topological polar surface area (TPSA) is 96.1 Å². The summed E-state index contributed by atoms with van der Waals surface area (Å²) in [5, 5.41) is 7.76. The van der Waals surface area contributed by atoms with Crippen molar-refractivity contribution >= 4 is 24.2 Å². The van der Waals surface area contributed by atoms with E-state index < -0.39 is 11.8 Å². The molecule has 146 valence electrons. The average Bonchev–Trinajstić information content (AvgIpc) is 3.26. The third-order valence-electron chi connectivity index (χ3n) is 3.91. The van der Waals surface area contributed by atoms with Gasteiger partial charge in [0.2, 0.25) is 0 Å². The van der Waals surface area contributed by atoms with E-state index in [1.54, 1.807) is 12.4 Å². The van der Waals surface area contributed by atoms with E-state index in [1.165, 1.54) is 12.1 Å². The van der Waals surface area contributed by atoms with E-state index in [2.05, 4.69) is 21.1 Å². The Labute approximate surface area is 168 Å². The first-order chi connectivity index (χ1) is 14.2. The molecule has 0 atom stereocenters. The van der Waals surface area contributed by atoms with Gasteiger partial charge in [-0.15, -0.1) is 0 Å². The average molecular weight is 388 g/mol. The molecular formula is C22H20N4O3. The van der Waals surface area contributed by atoms with Gasteiger partial charge >= 0.3 is 11.8 Å². The van der Waals surface area contributed by atoms with Crippen LogP contribution in [0.15, 0.2) is 87.4 Å². The smallest absolute Gasteiger partial charge is 0.307 e. The van der Waals surface area contributed by atoms with Crippen LogP contribution in [-0.4, -0.2) is 24.2 Å². The van der Waals surface area contributed by atoms with Crippen LogP contribution in [0.25, 0.3) is 0 Å². The lowest BCUT2D eigenvalue weighted by atomic mass is 10.2. The number of hydrogen-bond donors (Lipinski definition) is 2. The number of benzene rings is 2. The normalized spacial score (nSPS) is 11.0. The summed E-state index contributed by atoms with van der Waals surface area (Å²) in [5.74, 6) is -1.11. The lowest BCUT2D eigenvalue weighted by Gasteiger charge is -1.98. The predicted octanol–water partition coefficient (Wildman–Crippen LogP) is 3.20. The number of furan rings is 1. The van der Waals surface area contributed by atoms with Crippen molar-refractivity contribution in [3.63, 3.8) is 0 Å². The quantitative estimate of drug-likeness (QED) is 0.458. The van der Waals surface area contributed by atoms with E-state index in [-0.39, 0.29) is 11.5 Å². The van der Waals surface area contributed by atoms with Crippen molar-refractivity contribution in [2.45, 2.75) is 12.8 Å². The van der Waals surface area contributed by atoms with Crippen molar-refractivity contribution < 1.29 is 14.0 Å². The molecule has 2 amide bonds. The van der Waals surface area contributed by atoms with E-state index in [0.717, 1.165) is 11.1 Å². The molecular weight excluding hydrogens is 368 g/mol. The van der Waals surface area contributed by atoms with E-state index in [4.69, 9.17) is 4.42 Å². The van der Waals surface area contributed by atoms with Crippen LogP contribution in [0.3, 0.4) is 0 Å². The van der Waals surface area contributed by atoms with Gasteiger partial charge in [-0.25, -0.2) is 10.9 Å². The van der Waals surface area contributed by atoms with Crippen LogP contribution >= 0.6 is 0 Å². The number of amides is 2. The summed E-state index contributed by atoms with van der Waals surface area (Å²) in [4.78, 5) is 24.1. The molecule has 0 aliphatic heterocycles. The van der Waals surface area contributed by atoms with Crippen molar-refractivity contribution in [3.05, 3.63) is 95.4 Å². The Morgan fingerprint density at radius 1 is 0.690 bits per heavy atom. The second kappa shape index (κ2) is 10.4. The lowest BCUT2D eigenvalue weighted by Crippen LogP contribution is -2.18. The summed E-state index contributed by atoms with van der Waals surface area (Å²) < 4.78 is 5.27. The second-order valence-corrected chi connectivity index (χ2v) is 6.05. The minimum atomic E-state index is -0.541. The van der Waals surface area contributed by atoms with E-state index in [9.17, 15) is 9.59 Å². The Morgan fingerprint density at radius 2 is 1.10 bits per heavy atom. The zero-order valence-electron chi connectivity index (χ0n) is 15.6. The third kappa shape index (κ3) is 6.28. The van der Waals surface area contributed by atoms with Crippen LogP contribution in [0, 0.1) is 0 Å². The van der Waals surface area contributed by atoms with Gasteiger partial charge in [-0.2, -0.15) is 10.2 Å². The summed E-state index contributed by atoms with van der Waals surface area (Å²) in [6.45, 7) is 0.